The van der Waals surface area contributed by atoms with Gasteiger partial charge in [-0.1, -0.05) is 29.3 Å². The minimum atomic E-state index is -1.39. The van der Waals surface area contributed by atoms with E-state index in [1.165, 1.54) is 13.0 Å². The molecule has 152 valence electrons. The predicted octanol–water partition coefficient (Wildman–Crippen LogP) is 3.80. The van der Waals surface area contributed by atoms with Crippen LogP contribution in [0.1, 0.15) is 19.4 Å². The van der Waals surface area contributed by atoms with E-state index in [1.54, 1.807) is 36.4 Å². The molecule has 4 amide bonds. The number of rotatable bonds is 6. The second-order valence-corrected chi connectivity index (χ2v) is 7.42. The number of hydrogen-bond donors (Lipinski definition) is 2. The Labute approximate surface area is 177 Å². The van der Waals surface area contributed by atoms with E-state index in [-0.39, 0.29) is 5.02 Å². The summed E-state index contributed by atoms with van der Waals surface area (Å²) in [4.78, 5) is 38.5. The zero-order chi connectivity index (χ0) is 21.2. The first-order chi connectivity index (χ1) is 13.7. The zero-order valence-electron chi connectivity index (χ0n) is 15.8. The standard InChI is InChI=1S/C20H19Cl2N3O4/c1-3-29-14-7-5-13(6-8-14)23-17(26)11-25-18(27)20(2,24-19(25)28)15-9-4-12(21)10-16(15)22/h4-10H,3,11H2,1-2H3,(H,23,26)(H,24,28). The molecule has 0 radical (unpaired) electrons. The number of nitrogens with one attached hydrogen (secondary N) is 2. The fourth-order valence-electron chi connectivity index (χ4n) is 3.06. The summed E-state index contributed by atoms with van der Waals surface area (Å²) in [5.41, 5.74) is -0.469. The second-order valence-electron chi connectivity index (χ2n) is 6.58. The molecule has 1 unspecified atom stereocenters. The molecular weight excluding hydrogens is 417 g/mol. The third kappa shape index (κ3) is 4.31. The van der Waals surface area contributed by atoms with Crippen LogP contribution >= 0.6 is 23.2 Å². The van der Waals surface area contributed by atoms with Crippen LogP contribution in [-0.2, 0) is 15.1 Å². The van der Waals surface area contributed by atoms with Crippen LogP contribution in [0.3, 0.4) is 0 Å². The molecule has 0 spiro atoms. The van der Waals surface area contributed by atoms with Gasteiger partial charge in [-0.25, -0.2) is 4.79 Å². The van der Waals surface area contributed by atoms with E-state index in [4.69, 9.17) is 27.9 Å². The summed E-state index contributed by atoms with van der Waals surface area (Å²) in [5, 5.41) is 5.92. The molecule has 0 saturated carbocycles. The van der Waals surface area contributed by atoms with Crippen molar-refractivity contribution in [1.82, 2.24) is 10.2 Å². The first-order valence-corrected chi connectivity index (χ1v) is 9.62. The number of nitrogens with zero attached hydrogens (tertiary/aromatic N) is 1. The van der Waals surface area contributed by atoms with Gasteiger partial charge in [-0.2, -0.15) is 0 Å². The van der Waals surface area contributed by atoms with Gasteiger partial charge in [0.05, 0.1) is 6.61 Å². The molecule has 0 aromatic heterocycles. The molecule has 7 nitrogen and oxygen atoms in total. The number of carbonyl (C=O) groups excluding carboxylic acids is 3. The first-order valence-electron chi connectivity index (χ1n) is 8.87. The summed E-state index contributed by atoms with van der Waals surface area (Å²) in [7, 11) is 0. The van der Waals surface area contributed by atoms with Gasteiger partial charge in [0, 0.05) is 21.3 Å². The average molecular weight is 436 g/mol. The Morgan fingerprint density at radius 2 is 1.86 bits per heavy atom. The van der Waals surface area contributed by atoms with Crippen LogP contribution in [-0.4, -0.2) is 35.9 Å². The smallest absolute Gasteiger partial charge is 0.325 e. The van der Waals surface area contributed by atoms with Gasteiger partial charge in [0.15, 0.2) is 0 Å². The third-order valence-electron chi connectivity index (χ3n) is 4.50. The molecule has 2 aromatic carbocycles. The van der Waals surface area contributed by atoms with E-state index in [0.29, 0.717) is 28.6 Å². The molecule has 1 aliphatic rings. The molecule has 2 aromatic rings. The highest BCUT2D eigenvalue weighted by atomic mass is 35.5. The molecule has 1 fully saturated rings. The van der Waals surface area contributed by atoms with Crippen LogP contribution in [0, 0.1) is 0 Å². The molecular formula is C20H19Cl2N3O4. The number of halogens is 2. The number of carbonyl (C=O) groups is 3. The van der Waals surface area contributed by atoms with Crippen LogP contribution in [0.25, 0.3) is 0 Å². The van der Waals surface area contributed by atoms with Crippen molar-refractivity contribution in [1.29, 1.82) is 0 Å². The number of anilines is 1. The Hall–Kier alpha value is -2.77. The maximum atomic E-state index is 12.9. The largest absolute Gasteiger partial charge is 0.494 e. The molecule has 1 atom stereocenters. The van der Waals surface area contributed by atoms with Crippen molar-refractivity contribution in [3.63, 3.8) is 0 Å². The van der Waals surface area contributed by atoms with Gasteiger partial charge in [-0.15, -0.1) is 0 Å². The monoisotopic (exact) mass is 435 g/mol. The molecule has 1 heterocycles. The molecule has 0 bridgehead atoms. The van der Waals surface area contributed by atoms with Crippen LogP contribution in [0.4, 0.5) is 10.5 Å². The maximum Gasteiger partial charge on any atom is 0.325 e. The molecule has 0 aliphatic carbocycles. The lowest BCUT2D eigenvalue weighted by molar-refractivity contribution is -0.133. The molecule has 3 rings (SSSR count). The van der Waals surface area contributed by atoms with Gasteiger partial charge in [-0.05, 0) is 50.2 Å². The quantitative estimate of drug-likeness (QED) is 0.675. The molecule has 1 aliphatic heterocycles. The van der Waals surface area contributed by atoms with Crippen LogP contribution in [0.15, 0.2) is 42.5 Å². The van der Waals surface area contributed by atoms with Crippen molar-refractivity contribution in [3.05, 3.63) is 58.1 Å². The topological polar surface area (TPSA) is 87.7 Å². The number of hydrogen-bond acceptors (Lipinski definition) is 4. The molecule has 2 N–H and O–H groups in total. The Kier molecular flexibility index (Phi) is 6.00. The Bertz CT molecular complexity index is 965. The van der Waals surface area contributed by atoms with Gasteiger partial charge >= 0.3 is 6.03 Å². The zero-order valence-corrected chi connectivity index (χ0v) is 17.3. The van der Waals surface area contributed by atoms with E-state index < -0.39 is 29.9 Å². The van der Waals surface area contributed by atoms with Crippen LogP contribution in [0.2, 0.25) is 10.0 Å². The minimum absolute atomic E-state index is 0.245. The number of ether oxygens (including phenoxy) is 1. The highest BCUT2D eigenvalue weighted by molar-refractivity contribution is 6.35. The van der Waals surface area contributed by atoms with Crippen molar-refractivity contribution < 1.29 is 19.1 Å². The number of imide groups is 1. The highest BCUT2D eigenvalue weighted by Crippen LogP contribution is 2.34. The van der Waals surface area contributed by atoms with Crippen LogP contribution < -0.4 is 15.4 Å². The fourth-order valence-corrected chi connectivity index (χ4v) is 3.66. The lowest BCUT2D eigenvalue weighted by Crippen LogP contribution is -2.42. The number of urea groups is 1. The van der Waals surface area contributed by atoms with E-state index in [9.17, 15) is 14.4 Å². The Balaban J connectivity index is 1.72. The van der Waals surface area contributed by atoms with E-state index >= 15 is 0 Å². The van der Waals surface area contributed by atoms with Crippen molar-refractivity contribution in [3.8, 4) is 5.75 Å². The van der Waals surface area contributed by atoms with Gasteiger partial charge in [0.25, 0.3) is 5.91 Å². The van der Waals surface area contributed by atoms with E-state index in [2.05, 4.69) is 10.6 Å². The van der Waals surface area contributed by atoms with Crippen molar-refractivity contribution in [2.45, 2.75) is 19.4 Å². The van der Waals surface area contributed by atoms with Gasteiger partial charge in [0.1, 0.15) is 17.8 Å². The Morgan fingerprint density at radius 1 is 1.17 bits per heavy atom. The summed E-state index contributed by atoms with van der Waals surface area (Å²) in [6.45, 7) is 3.51. The first kappa shape index (κ1) is 21.0. The minimum Gasteiger partial charge on any atom is -0.494 e. The maximum absolute atomic E-state index is 12.9. The second kappa shape index (κ2) is 8.31. The average Bonchev–Trinajstić information content (AvgIpc) is 2.87. The van der Waals surface area contributed by atoms with Gasteiger partial charge < -0.3 is 15.4 Å². The highest BCUT2D eigenvalue weighted by Gasteiger charge is 2.50. The normalized spacial score (nSPS) is 18.6. The molecule has 9 heteroatoms. The number of benzene rings is 2. The summed E-state index contributed by atoms with van der Waals surface area (Å²) in [6.07, 6.45) is 0. The van der Waals surface area contributed by atoms with Crippen LogP contribution in [0.5, 0.6) is 5.75 Å². The van der Waals surface area contributed by atoms with Gasteiger partial charge in [0.2, 0.25) is 5.91 Å². The summed E-state index contributed by atoms with van der Waals surface area (Å²) < 4.78 is 5.35. The molecule has 1 saturated heterocycles. The summed E-state index contributed by atoms with van der Waals surface area (Å²) in [6, 6.07) is 10.7. The van der Waals surface area contributed by atoms with Crippen molar-refractivity contribution in [2.24, 2.45) is 0 Å². The lowest BCUT2D eigenvalue weighted by atomic mass is 9.92. The molecule has 29 heavy (non-hydrogen) atoms. The lowest BCUT2D eigenvalue weighted by Gasteiger charge is -2.23. The van der Waals surface area contributed by atoms with E-state index in [1.807, 2.05) is 6.92 Å². The van der Waals surface area contributed by atoms with E-state index in [0.717, 1.165) is 4.90 Å². The SMILES string of the molecule is CCOc1ccc(NC(=O)CN2C(=O)NC(C)(c3ccc(Cl)cc3Cl)C2=O)cc1. The van der Waals surface area contributed by atoms with Crippen molar-refractivity contribution >= 4 is 46.7 Å². The summed E-state index contributed by atoms with van der Waals surface area (Å²) in [5.74, 6) is -0.409. The summed E-state index contributed by atoms with van der Waals surface area (Å²) >= 11 is 12.1. The number of amides is 4. The van der Waals surface area contributed by atoms with Gasteiger partial charge in [-0.3, -0.25) is 14.5 Å². The third-order valence-corrected chi connectivity index (χ3v) is 5.04. The van der Waals surface area contributed by atoms with Crippen molar-refractivity contribution in [2.75, 3.05) is 18.5 Å². The fraction of sp³-hybridized carbons (Fsp3) is 0.250. The Morgan fingerprint density at radius 3 is 2.48 bits per heavy atom. The predicted molar refractivity (Wildman–Crippen MR) is 110 cm³/mol.